The van der Waals surface area contributed by atoms with Crippen LogP contribution in [0.5, 0.6) is 0 Å². The van der Waals surface area contributed by atoms with E-state index in [4.69, 9.17) is 0 Å². The minimum absolute atomic E-state index is 0.411. The van der Waals surface area contributed by atoms with Crippen LogP contribution in [-0.2, 0) is 0 Å². The molecule has 3 rings (SSSR count). The molecule has 0 saturated carbocycles. The van der Waals surface area contributed by atoms with E-state index in [1.807, 2.05) is 0 Å². The third kappa shape index (κ3) is 4.73. The highest BCUT2D eigenvalue weighted by Gasteiger charge is 2.20. The Morgan fingerprint density at radius 3 is 1.54 bits per heavy atom. The quantitative estimate of drug-likeness (QED) is 0.429. The highest BCUT2D eigenvalue weighted by Crippen LogP contribution is 2.36. The first kappa shape index (κ1) is 20.4. The van der Waals surface area contributed by atoms with Crippen LogP contribution in [0.1, 0.15) is 75.3 Å². The normalized spacial score (nSPS) is 13.4. The average molecular weight is 371 g/mol. The lowest BCUT2D eigenvalue weighted by molar-refractivity contribution is 0.615. The van der Waals surface area contributed by atoms with Gasteiger partial charge < -0.3 is 0 Å². The summed E-state index contributed by atoms with van der Waals surface area (Å²) in [6.07, 6.45) is 1.12. The van der Waals surface area contributed by atoms with Crippen molar-refractivity contribution < 1.29 is 0 Å². The number of benzene rings is 3. The first-order chi connectivity index (χ1) is 13.2. The van der Waals surface area contributed by atoms with Gasteiger partial charge in [-0.25, -0.2) is 0 Å². The molecule has 0 spiro atoms. The van der Waals surface area contributed by atoms with Gasteiger partial charge in [0, 0.05) is 5.92 Å². The Hall–Kier alpha value is -2.34. The Morgan fingerprint density at radius 2 is 1.04 bits per heavy atom. The molecule has 0 aliphatic heterocycles. The minimum Gasteiger partial charge on any atom is -0.0588 e. The molecule has 0 nitrogen and oxygen atoms in total. The largest absolute Gasteiger partial charge is 0.0588 e. The molecule has 0 heteroatoms. The fourth-order valence-electron chi connectivity index (χ4n) is 4.44. The van der Waals surface area contributed by atoms with Gasteiger partial charge in [0.05, 0.1) is 0 Å². The molecule has 0 saturated heterocycles. The van der Waals surface area contributed by atoms with E-state index in [1.165, 1.54) is 50.1 Å². The fraction of sp³-hybridized carbons (Fsp3) is 0.357. The molecule has 2 unspecified atom stereocenters. The van der Waals surface area contributed by atoms with E-state index in [2.05, 4.69) is 103 Å². The predicted octanol–water partition coefficient (Wildman–Crippen LogP) is 7.86. The summed E-state index contributed by atoms with van der Waals surface area (Å²) in [5.41, 5.74) is 12.5. The van der Waals surface area contributed by atoms with E-state index in [9.17, 15) is 0 Å². The summed E-state index contributed by atoms with van der Waals surface area (Å²) in [7, 11) is 0. The van der Waals surface area contributed by atoms with Crippen molar-refractivity contribution in [2.45, 2.75) is 66.7 Å². The lowest BCUT2D eigenvalue weighted by Crippen LogP contribution is -2.08. The lowest BCUT2D eigenvalue weighted by Gasteiger charge is -2.24. The van der Waals surface area contributed by atoms with Crippen LogP contribution in [0.3, 0.4) is 0 Å². The molecule has 0 radical (unpaired) electrons. The first-order valence-electron chi connectivity index (χ1n) is 10.5. The molecule has 0 bridgehead atoms. The monoisotopic (exact) mass is 370 g/mol. The number of hydrogen-bond acceptors (Lipinski definition) is 0. The number of aryl methyl sites for hydroxylation is 6. The van der Waals surface area contributed by atoms with E-state index in [0.29, 0.717) is 11.8 Å². The summed E-state index contributed by atoms with van der Waals surface area (Å²) in [4.78, 5) is 0. The Kier molecular flexibility index (Phi) is 6.08. The van der Waals surface area contributed by atoms with Gasteiger partial charge >= 0.3 is 0 Å². The second-order valence-corrected chi connectivity index (χ2v) is 8.88. The van der Waals surface area contributed by atoms with Crippen LogP contribution in [0.15, 0.2) is 54.6 Å². The van der Waals surface area contributed by atoms with Crippen molar-refractivity contribution in [3.8, 4) is 0 Å². The maximum atomic E-state index is 2.39. The summed E-state index contributed by atoms with van der Waals surface area (Å²) < 4.78 is 0. The molecule has 3 aromatic rings. The Morgan fingerprint density at radius 1 is 0.536 bits per heavy atom. The van der Waals surface area contributed by atoms with Gasteiger partial charge in [-0.1, -0.05) is 83.8 Å². The molecule has 3 aromatic carbocycles. The van der Waals surface area contributed by atoms with Crippen molar-refractivity contribution in [2.24, 2.45) is 0 Å². The maximum Gasteiger partial charge on any atom is 0.00953 e. The number of hydrogen-bond donors (Lipinski definition) is 0. The zero-order valence-corrected chi connectivity index (χ0v) is 18.6. The second kappa shape index (κ2) is 8.35. The van der Waals surface area contributed by atoms with Crippen molar-refractivity contribution in [3.63, 3.8) is 0 Å². The van der Waals surface area contributed by atoms with E-state index < -0.39 is 0 Å². The van der Waals surface area contributed by atoms with E-state index in [-0.39, 0.29) is 0 Å². The second-order valence-electron chi connectivity index (χ2n) is 8.88. The summed E-state index contributed by atoms with van der Waals surface area (Å²) in [6.45, 7) is 15.6. The third-order valence-corrected chi connectivity index (χ3v) is 5.98. The Bertz CT molecular complexity index is 937. The van der Waals surface area contributed by atoms with Crippen LogP contribution in [0.2, 0.25) is 0 Å². The molecular formula is C28H34. The molecule has 0 aliphatic carbocycles. The van der Waals surface area contributed by atoms with Gasteiger partial charge in [-0.2, -0.15) is 0 Å². The molecule has 0 fully saturated rings. The lowest BCUT2D eigenvalue weighted by atomic mass is 9.80. The van der Waals surface area contributed by atoms with Gasteiger partial charge in [0.2, 0.25) is 0 Å². The molecule has 0 aromatic heterocycles. The minimum atomic E-state index is 0.411. The zero-order chi connectivity index (χ0) is 20.4. The molecule has 28 heavy (non-hydrogen) atoms. The topological polar surface area (TPSA) is 0 Å². The molecular weight excluding hydrogens is 336 g/mol. The smallest absolute Gasteiger partial charge is 0.00953 e. The molecule has 0 heterocycles. The molecule has 0 amide bonds. The van der Waals surface area contributed by atoms with Gasteiger partial charge in [0.25, 0.3) is 0 Å². The summed E-state index contributed by atoms with van der Waals surface area (Å²) >= 11 is 0. The average Bonchev–Trinajstić information content (AvgIpc) is 2.60. The highest BCUT2D eigenvalue weighted by atomic mass is 14.2. The standard InChI is InChI=1S/C28H34/c1-18-10-19(2)13-26(12-18)24(7)17-28(25-9-8-22(5)23(6)16-25)27-14-20(3)11-21(4)15-27/h8-16,24,28H,17H2,1-7H3. The van der Waals surface area contributed by atoms with Crippen molar-refractivity contribution >= 4 is 0 Å². The maximum absolute atomic E-state index is 2.39. The summed E-state index contributed by atoms with van der Waals surface area (Å²) in [5.74, 6) is 0.916. The first-order valence-corrected chi connectivity index (χ1v) is 10.5. The Balaban J connectivity index is 2.03. The van der Waals surface area contributed by atoms with E-state index in [0.717, 1.165) is 6.42 Å². The van der Waals surface area contributed by atoms with Gasteiger partial charge in [0.1, 0.15) is 0 Å². The van der Waals surface area contributed by atoms with Crippen molar-refractivity contribution in [1.82, 2.24) is 0 Å². The Labute approximate surface area is 171 Å². The highest BCUT2D eigenvalue weighted by molar-refractivity contribution is 5.41. The molecule has 0 N–H and O–H groups in total. The van der Waals surface area contributed by atoms with Gasteiger partial charge in [-0.05, 0) is 81.7 Å². The number of rotatable bonds is 5. The van der Waals surface area contributed by atoms with E-state index in [1.54, 1.807) is 0 Å². The summed E-state index contributed by atoms with van der Waals surface area (Å²) in [5, 5.41) is 0. The van der Waals surface area contributed by atoms with Crippen molar-refractivity contribution in [1.29, 1.82) is 0 Å². The van der Waals surface area contributed by atoms with Gasteiger partial charge in [-0.15, -0.1) is 0 Å². The van der Waals surface area contributed by atoms with Crippen molar-refractivity contribution in [3.05, 3.63) is 105 Å². The van der Waals surface area contributed by atoms with E-state index >= 15 is 0 Å². The third-order valence-electron chi connectivity index (χ3n) is 5.98. The SMILES string of the molecule is Cc1cc(C)cc(C(C)CC(c2cc(C)cc(C)c2)c2ccc(C)c(C)c2)c1. The molecule has 0 aliphatic rings. The van der Waals surface area contributed by atoms with Gasteiger partial charge in [-0.3, -0.25) is 0 Å². The summed E-state index contributed by atoms with van der Waals surface area (Å²) in [6, 6.07) is 21.0. The molecule has 2 atom stereocenters. The van der Waals surface area contributed by atoms with Crippen LogP contribution in [0, 0.1) is 41.5 Å². The van der Waals surface area contributed by atoms with Crippen molar-refractivity contribution in [2.75, 3.05) is 0 Å². The van der Waals surface area contributed by atoms with Crippen LogP contribution in [-0.4, -0.2) is 0 Å². The van der Waals surface area contributed by atoms with Crippen LogP contribution < -0.4 is 0 Å². The predicted molar refractivity (Wildman–Crippen MR) is 123 cm³/mol. The van der Waals surface area contributed by atoms with Crippen LogP contribution in [0.4, 0.5) is 0 Å². The van der Waals surface area contributed by atoms with Gasteiger partial charge in [0.15, 0.2) is 0 Å². The van der Waals surface area contributed by atoms with Crippen LogP contribution >= 0.6 is 0 Å². The van der Waals surface area contributed by atoms with Crippen LogP contribution in [0.25, 0.3) is 0 Å². The molecule has 146 valence electrons. The fourth-order valence-corrected chi connectivity index (χ4v) is 4.44. The zero-order valence-electron chi connectivity index (χ0n) is 18.6.